The molecule has 0 amide bonds. The van der Waals surface area contributed by atoms with Crippen LogP contribution in [0.5, 0.6) is 5.88 Å². The van der Waals surface area contributed by atoms with Gasteiger partial charge in [0.1, 0.15) is 10.6 Å². The predicted molar refractivity (Wildman–Crippen MR) is 60.9 cm³/mol. The van der Waals surface area contributed by atoms with Crippen molar-refractivity contribution in [3.8, 4) is 5.88 Å². The summed E-state index contributed by atoms with van der Waals surface area (Å²) in [7, 11) is 0. The van der Waals surface area contributed by atoms with Crippen LogP contribution in [-0.2, 0) is 4.74 Å². The zero-order chi connectivity index (χ0) is 11.5. The van der Waals surface area contributed by atoms with Gasteiger partial charge in [0.15, 0.2) is 0 Å². The average Bonchev–Trinajstić information content (AvgIpc) is 2.75. The van der Waals surface area contributed by atoms with E-state index in [1.165, 1.54) is 0 Å². The third-order valence-electron chi connectivity index (χ3n) is 2.05. The van der Waals surface area contributed by atoms with Gasteiger partial charge < -0.3 is 14.3 Å². The van der Waals surface area contributed by atoms with Crippen LogP contribution in [0.4, 0.5) is 5.82 Å². The predicted octanol–water partition coefficient (Wildman–Crippen LogP) is 2.61. The zero-order valence-electron chi connectivity index (χ0n) is 8.11. The molecule has 84 valence electrons. The lowest BCUT2D eigenvalue weighted by Crippen LogP contribution is -2.16. The van der Waals surface area contributed by atoms with E-state index in [0.29, 0.717) is 23.6 Å². The van der Waals surface area contributed by atoms with Gasteiger partial charge in [-0.15, -0.1) is 0 Å². The Morgan fingerprint density at radius 3 is 3.00 bits per heavy atom. The standard InChI is InChI=1S/C9H7BrClN3O2/c1-12-7-6(10)8(14-9(11)13-7)16-5-2-3-15-4-5/h5H,2-4H2/t5-/m1/s1. The number of ether oxygens (including phenoxy) is 2. The molecule has 0 radical (unpaired) electrons. The van der Waals surface area contributed by atoms with Crippen molar-refractivity contribution in [1.82, 2.24) is 9.97 Å². The van der Waals surface area contributed by atoms with E-state index in [-0.39, 0.29) is 17.2 Å². The van der Waals surface area contributed by atoms with Gasteiger partial charge in [-0.05, 0) is 11.6 Å². The summed E-state index contributed by atoms with van der Waals surface area (Å²) in [4.78, 5) is 10.9. The van der Waals surface area contributed by atoms with Crippen LogP contribution in [0.3, 0.4) is 0 Å². The van der Waals surface area contributed by atoms with E-state index in [1.807, 2.05) is 0 Å². The highest BCUT2D eigenvalue weighted by molar-refractivity contribution is 9.10. The molecule has 0 unspecified atom stereocenters. The molecule has 1 saturated heterocycles. The molecule has 0 aliphatic carbocycles. The normalized spacial score (nSPS) is 19.4. The Labute approximate surface area is 106 Å². The van der Waals surface area contributed by atoms with Crippen molar-refractivity contribution in [2.45, 2.75) is 12.5 Å². The van der Waals surface area contributed by atoms with Crippen LogP contribution in [0.1, 0.15) is 6.42 Å². The van der Waals surface area contributed by atoms with Crippen molar-refractivity contribution >= 4 is 33.3 Å². The zero-order valence-corrected chi connectivity index (χ0v) is 10.5. The van der Waals surface area contributed by atoms with Gasteiger partial charge in [0, 0.05) is 6.42 Å². The van der Waals surface area contributed by atoms with E-state index >= 15 is 0 Å². The Morgan fingerprint density at radius 1 is 1.56 bits per heavy atom. The van der Waals surface area contributed by atoms with E-state index in [0.717, 1.165) is 6.42 Å². The Hall–Kier alpha value is -0.900. The smallest absolute Gasteiger partial charge is 0.320 e. The van der Waals surface area contributed by atoms with E-state index < -0.39 is 0 Å². The van der Waals surface area contributed by atoms with Crippen molar-refractivity contribution in [3.05, 3.63) is 21.2 Å². The van der Waals surface area contributed by atoms with E-state index in [2.05, 4.69) is 30.7 Å². The van der Waals surface area contributed by atoms with Gasteiger partial charge in [0.25, 0.3) is 5.82 Å². The Kier molecular flexibility index (Phi) is 3.59. The molecule has 1 aromatic rings. The highest BCUT2D eigenvalue weighted by Gasteiger charge is 2.21. The van der Waals surface area contributed by atoms with Crippen LogP contribution < -0.4 is 4.74 Å². The topological polar surface area (TPSA) is 48.6 Å². The second kappa shape index (κ2) is 4.95. The van der Waals surface area contributed by atoms with E-state index in [9.17, 15) is 0 Å². The molecule has 1 aliphatic heterocycles. The lowest BCUT2D eigenvalue weighted by molar-refractivity contribution is 0.137. The van der Waals surface area contributed by atoms with Crippen LogP contribution in [-0.4, -0.2) is 29.3 Å². The molecule has 7 heteroatoms. The molecule has 0 aromatic carbocycles. The van der Waals surface area contributed by atoms with Crippen LogP contribution in [0.25, 0.3) is 4.85 Å². The Morgan fingerprint density at radius 2 is 2.38 bits per heavy atom. The first kappa shape index (κ1) is 11.6. The van der Waals surface area contributed by atoms with Gasteiger partial charge in [0.05, 0.1) is 13.2 Å². The highest BCUT2D eigenvalue weighted by atomic mass is 79.9. The highest BCUT2D eigenvalue weighted by Crippen LogP contribution is 2.33. The molecule has 0 spiro atoms. The quantitative estimate of drug-likeness (QED) is 0.622. The summed E-state index contributed by atoms with van der Waals surface area (Å²) < 4.78 is 11.2. The monoisotopic (exact) mass is 303 g/mol. The molecule has 0 saturated carbocycles. The molecule has 1 fully saturated rings. The minimum atomic E-state index is -0.0409. The van der Waals surface area contributed by atoms with Crippen molar-refractivity contribution in [3.63, 3.8) is 0 Å². The summed E-state index contributed by atoms with van der Waals surface area (Å²) in [6, 6.07) is 0. The van der Waals surface area contributed by atoms with Gasteiger partial charge in [-0.25, -0.2) is 0 Å². The van der Waals surface area contributed by atoms with Crippen LogP contribution in [0, 0.1) is 6.57 Å². The third-order valence-corrected chi connectivity index (χ3v) is 2.91. The van der Waals surface area contributed by atoms with Gasteiger partial charge in [-0.2, -0.15) is 4.98 Å². The van der Waals surface area contributed by atoms with Crippen molar-refractivity contribution in [1.29, 1.82) is 0 Å². The second-order valence-corrected chi connectivity index (χ2v) is 4.28. The summed E-state index contributed by atoms with van der Waals surface area (Å²) in [6.45, 7) is 8.13. The van der Waals surface area contributed by atoms with E-state index in [4.69, 9.17) is 27.6 Å². The van der Waals surface area contributed by atoms with Gasteiger partial charge in [-0.3, -0.25) is 0 Å². The van der Waals surface area contributed by atoms with Gasteiger partial charge >= 0.3 is 5.28 Å². The fourth-order valence-corrected chi connectivity index (χ4v) is 1.82. The maximum Gasteiger partial charge on any atom is 0.320 e. The maximum absolute atomic E-state index is 6.93. The average molecular weight is 305 g/mol. The molecular weight excluding hydrogens is 297 g/mol. The summed E-state index contributed by atoms with van der Waals surface area (Å²) in [5, 5.41) is 0.00288. The molecule has 5 nitrogen and oxygen atoms in total. The first-order valence-electron chi connectivity index (χ1n) is 4.55. The van der Waals surface area contributed by atoms with Crippen LogP contribution in [0.2, 0.25) is 5.28 Å². The molecule has 1 aliphatic rings. The lowest BCUT2D eigenvalue weighted by atomic mass is 10.3. The fraction of sp³-hybridized carbons (Fsp3) is 0.444. The first-order valence-corrected chi connectivity index (χ1v) is 5.72. The minimum absolute atomic E-state index is 0.00288. The van der Waals surface area contributed by atoms with Gasteiger partial charge in [-0.1, -0.05) is 27.5 Å². The summed E-state index contributed by atoms with van der Waals surface area (Å²) in [5.41, 5.74) is 0. The number of hydrogen-bond donors (Lipinski definition) is 0. The van der Waals surface area contributed by atoms with Crippen LogP contribution >= 0.6 is 27.5 Å². The number of halogens is 2. The summed E-state index contributed by atoms with van der Waals surface area (Å²) in [5.74, 6) is 0.440. The second-order valence-electron chi connectivity index (χ2n) is 3.15. The van der Waals surface area contributed by atoms with Crippen molar-refractivity contribution in [2.75, 3.05) is 13.2 Å². The summed E-state index contributed by atoms with van der Waals surface area (Å²) >= 11 is 8.91. The lowest BCUT2D eigenvalue weighted by Gasteiger charge is -2.12. The molecule has 0 N–H and O–H groups in total. The number of hydrogen-bond acceptors (Lipinski definition) is 4. The van der Waals surface area contributed by atoms with Crippen LogP contribution in [0.15, 0.2) is 4.47 Å². The first-order chi connectivity index (χ1) is 7.70. The molecular formula is C9H7BrClN3O2. The fourth-order valence-electron chi connectivity index (χ4n) is 1.31. The molecule has 2 rings (SSSR count). The number of nitrogens with zero attached hydrogens (tertiary/aromatic N) is 3. The maximum atomic E-state index is 6.93. The Bertz CT molecular complexity index is 443. The summed E-state index contributed by atoms with van der Waals surface area (Å²) in [6.07, 6.45) is 0.766. The molecule has 0 bridgehead atoms. The van der Waals surface area contributed by atoms with E-state index in [1.54, 1.807) is 0 Å². The largest absolute Gasteiger partial charge is 0.472 e. The molecule has 2 heterocycles. The number of aromatic nitrogens is 2. The molecule has 1 aromatic heterocycles. The SMILES string of the molecule is [C-]#[N+]c1nc(Cl)nc(O[C@@H]2CCOC2)c1Br. The third kappa shape index (κ3) is 2.43. The van der Waals surface area contributed by atoms with Gasteiger partial charge in [0.2, 0.25) is 5.88 Å². The Balaban J connectivity index is 2.26. The number of rotatable bonds is 2. The molecule has 16 heavy (non-hydrogen) atoms. The van der Waals surface area contributed by atoms with Crippen molar-refractivity contribution in [2.24, 2.45) is 0 Å². The minimum Gasteiger partial charge on any atom is -0.472 e. The van der Waals surface area contributed by atoms with Crippen molar-refractivity contribution < 1.29 is 9.47 Å². The molecule has 1 atom stereocenters.